The molecule has 0 aliphatic heterocycles. The van der Waals surface area contributed by atoms with Crippen LogP contribution in [0, 0.1) is 6.92 Å². The summed E-state index contributed by atoms with van der Waals surface area (Å²) >= 11 is 6.40. The summed E-state index contributed by atoms with van der Waals surface area (Å²) in [6, 6.07) is 11.8. The van der Waals surface area contributed by atoms with Gasteiger partial charge in [0.25, 0.3) is 5.91 Å². The lowest BCUT2D eigenvalue weighted by atomic mass is 10.00. The number of anilines is 1. The molecule has 0 bridgehead atoms. The van der Waals surface area contributed by atoms with Crippen molar-refractivity contribution in [2.75, 3.05) is 18.4 Å². The summed E-state index contributed by atoms with van der Waals surface area (Å²) in [6.07, 6.45) is 4.66. The average Bonchev–Trinajstić information content (AvgIpc) is 2.85. The van der Waals surface area contributed by atoms with Crippen molar-refractivity contribution in [3.8, 4) is 0 Å². The van der Waals surface area contributed by atoms with Gasteiger partial charge in [-0.05, 0) is 62.9 Å². The molecule has 2 N–H and O–H groups in total. The zero-order valence-corrected chi connectivity index (χ0v) is 23.9. The monoisotopic (exact) mass is 541 g/mol. The molecular weight excluding hydrogens is 502 g/mol. The number of halogens is 1. The minimum absolute atomic E-state index is 0.307. The van der Waals surface area contributed by atoms with Crippen LogP contribution in [0.15, 0.2) is 49.0 Å². The fraction of sp³-hybridized carbons (Fsp3) is 0.433. The van der Waals surface area contributed by atoms with Gasteiger partial charge in [-0.15, -0.1) is 0 Å². The standard InChI is InChI=1S/C30H40ClN3O4/c1-7-9-10-11-18-34(25(35)20-32-29(37)38-30(4,5)6)27(23-16-13-15-22(8-2)19-23)28(36)33-26-21(3)14-12-17-24(26)31/h8,12-17,19,27H,2,7,9-11,18,20H2,1,3-6H3,(H,32,37)(H,33,36). The van der Waals surface area contributed by atoms with Gasteiger partial charge in [0.1, 0.15) is 18.2 Å². The van der Waals surface area contributed by atoms with Crippen LogP contribution in [0.5, 0.6) is 0 Å². The Labute approximate surface area is 231 Å². The van der Waals surface area contributed by atoms with Crippen molar-refractivity contribution in [1.82, 2.24) is 10.2 Å². The molecule has 0 aromatic heterocycles. The fourth-order valence-electron chi connectivity index (χ4n) is 3.98. The number of carbonyl (C=O) groups is 3. The number of nitrogens with zero attached hydrogens (tertiary/aromatic N) is 1. The van der Waals surface area contributed by atoms with Crippen molar-refractivity contribution in [3.63, 3.8) is 0 Å². The molecule has 0 radical (unpaired) electrons. The van der Waals surface area contributed by atoms with E-state index >= 15 is 0 Å². The van der Waals surface area contributed by atoms with Crippen LogP contribution in [-0.4, -0.2) is 41.5 Å². The van der Waals surface area contributed by atoms with Crippen LogP contribution in [0.3, 0.4) is 0 Å². The van der Waals surface area contributed by atoms with E-state index in [0.29, 0.717) is 29.2 Å². The van der Waals surface area contributed by atoms with Crippen molar-refractivity contribution < 1.29 is 19.1 Å². The second-order valence-electron chi connectivity index (χ2n) is 10.2. The van der Waals surface area contributed by atoms with Crippen LogP contribution in [0.1, 0.15) is 76.1 Å². The van der Waals surface area contributed by atoms with E-state index in [1.807, 2.05) is 43.3 Å². The number of hydrogen-bond acceptors (Lipinski definition) is 4. The molecule has 8 heteroatoms. The number of aryl methyl sites for hydroxylation is 1. The van der Waals surface area contributed by atoms with Crippen LogP contribution >= 0.6 is 11.6 Å². The van der Waals surface area contributed by atoms with E-state index in [1.54, 1.807) is 32.9 Å². The summed E-state index contributed by atoms with van der Waals surface area (Å²) in [5.41, 5.74) is 2.05. The molecule has 0 aliphatic carbocycles. The van der Waals surface area contributed by atoms with E-state index in [9.17, 15) is 14.4 Å². The molecule has 0 saturated carbocycles. The van der Waals surface area contributed by atoms with E-state index in [2.05, 4.69) is 24.1 Å². The highest BCUT2D eigenvalue weighted by atomic mass is 35.5. The zero-order chi connectivity index (χ0) is 28.3. The topological polar surface area (TPSA) is 87.7 Å². The van der Waals surface area contributed by atoms with Crippen molar-refractivity contribution in [2.24, 2.45) is 0 Å². The van der Waals surface area contributed by atoms with Gasteiger partial charge in [-0.1, -0.05) is 80.8 Å². The first-order valence-electron chi connectivity index (χ1n) is 13.0. The van der Waals surface area contributed by atoms with Gasteiger partial charge in [0.05, 0.1) is 10.7 Å². The van der Waals surface area contributed by atoms with Crippen LogP contribution in [0.25, 0.3) is 6.08 Å². The maximum atomic E-state index is 13.9. The fourth-order valence-corrected chi connectivity index (χ4v) is 4.25. The molecule has 0 spiro atoms. The Kier molecular flexibility index (Phi) is 11.9. The van der Waals surface area contributed by atoms with Gasteiger partial charge in [0.15, 0.2) is 0 Å². The molecule has 3 amide bonds. The van der Waals surface area contributed by atoms with Gasteiger partial charge in [0, 0.05) is 6.54 Å². The number of ether oxygens (including phenoxy) is 1. The smallest absolute Gasteiger partial charge is 0.408 e. The predicted octanol–water partition coefficient (Wildman–Crippen LogP) is 6.90. The molecule has 2 aromatic carbocycles. The van der Waals surface area contributed by atoms with E-state index < -0.39 is 29.6 Å². The lowest BCUT2D eigenvalue weighted by Gasteiger charge is -2.32. The molecule has 1 atom stereocenters. The number of alkyl carbamates (subject to hydrolysis) is 1. The maximum Gasteiger partial charge on any atom is 0.408 e. The van der Waals surface area contributed by atoms with Crippen molar-refractivity contribution in [1.29, 1.82) is 0 Å². The summed E-state index contributed by atoms with van der Waals surface area (Å²) in [5.74, 6) is -0.795. The molecule has 0 aliphatic rings. The second kappa shape index (κ2) is 14.6. The van der Waals surface area contributed by atoms with Gasteiger partial charge >= 0.3 is 6.09 Å². The SMILES string of the molecule is C=Cc1cccc(C(C(=O)Nc2c(C)cccc2Cl)N(CCCCCC)C(=O)CNC(=O)OC(C)(C)C)c1. The number of rotatable bonds is 12. The van der Waals surface area contributed by atoms with Crippen LogP contribution in [-0.2, 0) is 14.3 Å². The molecule has 0 heterocycles. The molecule has 7 nitrogen and oxygen atoms in total. The minimum Gasteiger partial charge on any atom is -0.444 e. The Bertz CT molecular complexity index is 1110. The quantitative estimate of drug-likeness (QED) is 0.286. The second-order valence-corrected chi connectivity index (χ2v) is 10.6. The Morgan fingerprint density at radius 2 is 1.82 bits per heavy atom. The Morgan fingerprint density at radius 3 is 2.45 bits per heavy atom. The van der Waals surface area contributed by atoms with Gasteiger partial charge in [-0.25, -0.2) is 4.79 Å². The van der Waals surface area contributed by atoms with Crippen molar-refractivity contribution in [2.45, 2.75) is 71.9 Å². The number of nitrogens with one attached hydrogen (secondary N) is 2. The number of para-hydroxylation sites is 1. The lowest BCUT2D eigenvalue weighted by Crippen LogP contribution is -2.47. The van der Waals surface area contributed by atoms with E-state index in [4.69, 9.17) is 16.3 Å². The first kappa shape index (κ1) is 30.9. The largest absolute Gasteiger partial charge is 0.444 e. The van der Waals surface area contributed by atoms with E-state index in [1.165, 1.54) is 4.90 Å². The highest BCUT2D eigenvalue weighted by Crippen LogP contribution is 2.30. The first-order chi connectivity index (χ1) is 18.0. The van der Waals surface area contributed by atoms with E-state index in [-0.39, 0.29) is 6.54 Å². The van der Waals surface area contributed by atoms with Crippen LogP contribution < -0.4 is 10.6 Å². The molecule has 0 fully saturated rings. The number of amides is 3. The first-order valence-corrected chi connectivity index (χ1v) is 13.4. The molecule has 0 saturated heterocycles. The Balaban J connectivity index is 2.44. The van der Waals surface area contributed by atoms with Gasteiger partial charge in [0.2, 0.25) is 5.91 Å². The summed E-state index contributed by atoms with van der Waals surface area (Å²) in [5, 5.41) is 5.89. The highest BCUT2D eigenvalue weighted by molar-refractivity contribution is 6.34. The molecule has 206 valence electrons. The van der Waals surface area contributed by atoms with Crippen LogP contribution in [0.2, 0.25) is 5.02 Å². The molecule has 2 aromatic rings. The Hall–Kier alpha value is -3.32. The maximum absolute atomic E-state index is 13.9. The summed E-state index contributed by atoms with van der Waals surface area (Å²) in [6.45, 7) is 13.1. The number of unbranched alkanes of at least 4 members (excludes halogenated alkanes) is 3. The summed E-state index contributed by atoms with van der Waals surface area (Å²) in [4.78, 5) is 41.2. The average molecular weight is 542 g/mol. The third-order valence-corrected chi connectivity index (χ3v) is 6.16. The lowest BCUT2D eigenvalue weighted by molar-refractivity contribution is -0.138. The van der Waals surface area contributed by atoms with Gasteiger partial charge < -0.3 is 20.3 Å². The van der Waals surface area contributed by atoms with E-state index in [0.717, 1.165) is 30.4 Å². The number of carbonyl (C=O) groups excluding carboxylic acids is 3. The number of benzene rings is 2. The minimum atomic E-state index is -0.958. The third kappa shape index (κ3) is 9.53. The van der Waals surface area contributed by atoms with Gasteiger partial charge in [-0.2, -0.15) is 0 Å². The van der Waals surface area contributed by atoms with Gasteiger partial charge in [-0.3, -0.25) is 9.59 Å². The molecular formula is C30H40ClN3O4. The zero-order valence-electron chi connectivity index (χ0n) is 23.1. The third-order valence-electron chi connectivity index (χ3n) is 5.85. The molecule has 2 rings (SSSR count). The molecule has 38 heavy (non-hydrogen) atoms. The van der Waals surface area contributed by atoms with Crippen molar-refractivity contribution >= 4 is 41.3 Å². The normalized spacial score (nSPS) is 11.8. The van der Waals surface area contributed by atoms with Crippen LogP contribution in [0.4, 0.5) is 10.5 Å². The molecule has 1 unspecified atom stereocenters. The summed E-state index contributed by atoms with van der Waals surface area (Å²) < 4.78 is 5.28. The highest BCUT2D eigenvalue weighted by Gasteiger charge is 2.32. The summed E-state index contributed by atoms with van der Waals surface area (Å²) in [7, 11) is 0. The predicted molar refractivity (Wildman–Crippen MR) is 154 cm³/mol. The Morgan fingerprint density at radius 1 is 1.11 bits per heavy atom. The van der Waals surface area contributed by atoms with Crippen molar-refractivity contribution in [3.05, 3.63) is 70.8 Å². The number of hydrogen-bond donors (Lipinski definition) is 2.